The van der Waals surface area contributed by atoms with Crippen molar-refractivity contribution in [2.45, 2.75) is 32.2 Å². The van der Waals surface area contributed by atoms with E-state index >= 15 is 0 Å². The first-order chi connectivity index (χ1) is 7.66. The Balaban J connectivity index is 1.99. The smallest absolute Gasteiger partial charge is 0.124 e. The molecular formula is C13H18FNO. The largest absolute Gasteiger partial charge is 0.493 e. The molecule has 0 unspecified atom stereocenters. The van der Waals surface area contributed by atoms with Gasteiger partial charge in [-0.15, -0.1) is 0 Å². The first-order valence-electron chi connectivity index (χ1n) is 5.84. The SMILES string of the molecule is C[C@H](N)c1cc(F)ccc1OCCC1CC1. The Morgan fingerprint density at radius 1 is 1.50 bits per heavy atom. The van der Waals surface area contributed by atoms with Gasteiger partial charge >= 0.3 is 0 Å². The fourth-order valence-corrected chi connectivity index (χ4v) is 1.75. The van der Waals surface area contributed by atoms with E-state index in [4.69, 9.17) is 10.5 Å². The van der Waals surface area contributed by atoms with Crippen LogP contribution in [0.4, 0.5) is 4.39 Å². The van der Waals surface area contributed by atoms with E-state index in [1.165, 1.54) is 25.0 Å². The molecule has 1 aromatic rings. The minimum Gasteiger partial charge on any atom is -0.493 e. The van der Waals surface area contributed by atoms with Gasteiger partial charge in [-0.1, -0.05) is 12.8 Å². The number of nitrogens with two attached hydrogens (primary N) is 1. The lowest BCUT2D eigenvalue weighted by Crippen LogP contribution is -2.09. The molecule has 1 atom stereocenters. The zero-order valence-corrected chi connectivity index (χ0v) is 9.58. The lowest BCUT2D eigenvalue weighted by molar-refractivity contribution is 0.297. The van der Waals surface area contributed by atoms with E-state index in [0.29, 0.717) is 6.61 Å². The van der Waals surface area contributed by atoms with Gasteiger partial charge in [-0.25, -0.2) is 4.39 Å². The lowest BCUT2D eigenvalue weighted by Gasteiger charge is -2.13. The number of hydrogen-bond acceptors (Lipinski definition) is 2. The average molecular weight is 223 g/mol. The Hall–Kier alpha value is -1.09. The van der Waals surface area contributed by atoms with Gasteiger partial charge < -0.3 is 10.5 Å². The summed E-state index contributed by atoms with van der Waals surface area (Å²) in [4.78, 5) is 0. The van der Waals surface area contributed by atoms with Crippen LogP contribution in [0.1, 0.15) is 37.8 Å². The van der Waals surface area contributed by atoms with E-state index in [2.05, 4.69) is 0 Å². The van der Waals surface area contributed by atoms with E-state index < -0.39 is 0 Å². The van der Waals surface area contributed by atoms with Gasteiger partial charge in [0.25, 0.3) is 0 Å². The van der Waals surface area contributed by atoms with E-state index in [1.807, 2.05) is 6.92 Å². The Kier molecular flexibility index (Phi) is 3.44. The molecule has 0 spiro atoms. The first-order valence-corrected chi connectivity index (χ1v) is 5.84. The van der Waals surface area contributed by atoms with Crippen molar-refractivity contribution >= 4 is 0 Å². The fourth-order valence-electron chi connectivity index (χ4n) is 1.75. The Morgan fingerprint density at radius 2 is 2.25 bits per heavy atom. The minimum absolute atomic E-state index is 0.202. The van der Waals surface area contributed by atoms with Crippen LogP contribution >= 0.6 is 0 Å². The highest BCUT2D eigenvalue weighted by molar-refractivity contribution is 5.36. The average Bonchev–Trinajstić information content (AvgIpc) is 3.04. The normalized spacial score (nSPS) is 17.2. The van der Waals surface area contributed by atoms with Gasteiger partial charge in [0, 0.05) is 11.6 Å². The summed E-state index contributed by atoms with van der Waals surface area (Å²) >= 11 is 0. The summed E-state index contributed by atoms with van der Waals surface area (Å²) in [6.07, 6.45) is 3.75. The molecule has 1 fully saturated rings. The second-order valence-corrected chi connectivity index (χ2v) is 4.55. The highest BCUT2D eigenvalue weighted by Crippen LogP contribution is 2.33. The molecule has 1 aliphatic carbocycles. The summed E-state index contributed by atoms with van der Waals surface area (Å²) in [5.41, 5.74) is 6.53. The zero-order valence-electron chi connectivity index (χ0n) is 9.58. The summed E-state index contributed by atoms with van der Waals surface area (Å²) in [5.74, 6) is 1.30. The van der Waals surface area contributed by atoms with Crippen LogP contribution in [0.3, 0.4) is 0 Å². The highest BCUT2D eigenvalue weighted by atomic mass is 19.1. The molecule has 0 bridgehead atoms. The molecule has 0 amide bonds. The topological polar surface area (TPSA) is 35.2 Å². The number of benzene rings is 1. The minimum atomic E-state index is -0.262. The predicted molar refractivity (Wildman–Crippen MR) is 61.8 cm³/mol. The molecule has 0 heterocycles. The molecule has 2 N–H and O–H groups in total. The van der Waals surface area contributed by atoms with Gasteiger partial charge in [0.15, 0.2) is 0 Å². The van der Waals surface area contributed by atoms with E-state index in [0.717, 1.165) is 23.7 Å². The van der Waals surface area contributed by atoms with Gasteiger partial charge in [-0.2, -0.15) is 0 Å². The second-order valence-electron chi connectivity index (χ2n) is 4.55. The molecule has 1 aromatic carbocycles. The third-order valence-electron chi connectivity index (χ3n) is 2.94. The van der Waals surface area contributed by atoms with Gasteiger partial charge in [-0.05, 0) is 37.5 Å². The predicted octanol–water partition coefficient (Wildman–Crippen LogP) is 3.02. The van der Waals surface area contributed by atoms with E-state index in [-0.39, 0.29) is 11.9 Å². The van der Waals surface area contributed by atoms with Crippen LogP contribution in [0.15, 0.2) is 18.2 Å². The Bertz CT molecular complexity index is 361. The summed E-state index contributed by atoms with van der Waals surface area (Å²) in [5, 5.41) is 0. The van der Waals surface area contributed by atoms with Crippen LogP contribution in [0.5, 0.6) is 5.75 Å². The van der Waals surface area contributed by atoms with Crippen molar-refractivity contribution in [3.8, 4) is 5.75 Å². The first kappa shape index (κ1) is 11.4. The van der Waals surface area contributed by atoms with Gasteiger partial charge in [0.2, 0.25) is 0 Å². The van der Waals surface area contributed by atoms with Gasteiger partial charge in [-0.3, -0.25) is 0 Å². The fraction of sp³-hybridized carbons (Fsp3) is 0.538. The zero-order chi connectivity index (χ0) is 11.5. The summed E-state index contributed by atoms with van der Waals surface area (Å²) in [6.45, 7) is 2.54. The van der Waals surface area contributed by atoms with Gasteiger partial charge in [0.1, 0.15) is 11.6 Å². The van der Waals surface area contributed by atoms with Crippen molar-refractivity contribution in [3.63, 3.8) is 0 Å². The second kappa shape index (κ2) is 4.83. The lowest BCUT2D eigenvalue weighted by atomic mass is 10.1. The summed E-state index contributed by atoms with van der Waals surface area (Å²) in [7, 11) is 0. The molecule has 0 aromatic heterocycles. The van der Waals surface area contributed by atoms with Crippen molar-refractivity contribution in [2.75, 3.05) is 6.61 Å². The summed E-state index contributed by atoms with van der Waals surface area (Å²) < 4.78 is 18.7. The maximum absolute atomic E-state index is 13.1. The van der Waals surface area contributed by atoms with Crippen molar-refractivity contribution < 1.29 is 9.13 Å². The van der Waals surface area contributed by atoms with E-state index in [9.17, 15) is 4.39 Å². The molecule has 3 heteroatoms. The monoisotopic (exact) mass is 223 g/mol. The van der Waals surface area contributed by atoms with Gasteiger partial charge in [0.05, 0.1) is 6.61 Å². The maximum atomic E-state index is 13.1. The molecule has 2 rings (SSSR count). The van der Waals surface area contributed by atoms with Crippen LogP contribution in [0.2, 0.25) is 0 Å². The van der Waals surface area contributed by atoms with Crippen molar-refractivity contribution in [3.05, 3.63) is 29.6 Å². The van der Waals surface area contributed by atoms with Crippen molar-refractivity contribution in [1.82, 2.24) is 0 Å². The van der Waals surface area contributed by atoms with Crippen LogP contribution < -0.4 is 10.5 Å². The van der Waals surface area contributed by atoms with Crippen LogP contribution in [0, 0.1) is 11.7 Å². The molecule has 88 valence electrons. The van der Waals surface area contributed by atoms with Crippen LogP contribution in [-0.4, -0.2) is 6.61 Å². The molecule has 1 aliphatic rings. The van der Waals surface area contributed by atoms with Crippen LogP contribution in [0.25, 0.3) is 0 Å². The number of hydrogen-bond donors (Lipinski definition) is 1. The molecule has 0 aliphatic heterocycles. The standard InChI is InChI=1S/C13H18FNO/c1-9(15)12-8-11(14)4-5-13(12)16-7-6-10-2-3-10/h4-5,8-10H,2-3,6-7,15H2,1H3/t9-/m0/s1. The highest BCUT2D eigenvalue weighted by Gasteiger charge is 2.21. The molecule has 1 saturated carbocycles. The van der Waals surface area contributed by atoms with Crippen LogP contribution in [-0.2, 0) is 0 Å². The third-order valence-corrected chi connectivity index (χ3v) is 2.94. The molecule has 16 heavy (non-hydrogen) atoms. The van der Waals surface area contributed by atoms with Crippen molar-refractivity contribution in [2.24, 2.45) is 11.7 Å². The molecule has 0 saturated heterocycles. The number of halogens is 1. The summed E-state index contributed by atoms with van der Waals surface area (Å²) in [6, 6.07) is 4.34. The van der Waals surface area contributed by atoms with Crippen molar-refractivity contribution in [1.29, 1.82) is 0 Å². The third kappa shape index (κ3) is 2.95. The Labute approximate surface area is 95.6 Å². The van der Waals surface area contributed by atoms with E-state index in [1.54, 1.807) is 6.07 Å². The Morgan fingerprint density at radius 3 is 2.88 bits per heavy atom. The number of rotatable bonds is 5. The molecule has 0 radical (unpaired) electrons. The molecular weight excluding hydrogens is 205 g/mol. The quantitative estimate of drug-likeness (QED) is 0.832. The maximum Gasteiger partial charge on any atom is 0.124 e. The number of ether oxygens (including phenoxy) is 1. The molecule has 2 nitrogen and oxygen atoms in total.